The molecule has 0 saturated carbocycles. The molecular formula is C13H24N2O4. The summed E-state index contributed by atoms with van der Waals surface area (Å²) >= 11 is 0. The molecule has 0 aromatic rings. The Morgan fingerprint density at radius 1 is 1.32 bits per heavy atom. The molecular weight excluding hydrogens is 248 g/mol. The van der Waals surface area contributed by atoms with Crippen LogP contribution in [0.4, 0.5) is 4.79 Å². The highest BCUT2D eigenvalue weighted by molar-refractivity contribution is 5.86. The molecule has 1 aliphatic heterocycles. The standard InChI is InChI=1S/C13H24N2O4/c1-4-10(9(2)3)14-12(18)15-13(11(16)17)5-7-19-8-6-13/h9-10H,4-8H2,1-3H3,(H,16,17)(H2,14,15,18). The highest BCUT2D eigenvalue weighted by atomic mass is 16.5. The summed E-state index contributed by atoms with van der Waals surface area (Å²) in [6.45, 7) is 6.75. The highest BCUT2D eigenvalue weighted by Gasteiger charge is 2.41. The van der Waals surface area contributed by atoms with Crippen molar-refractivity contribution in [3.8, 4) is 0 Å². The molecule has 3 N–H and O–H groups in total. The van der Waals surface area contributed by atoms with Gasteiger partial charge in [0, 0.05) is 32.1 Å². The summed E-state index contributed by atoms with van der Waals surface area (Å²) in [7, 11) is 0. The Bertz CT molecular complexity index is 325. The van der Waals surface area contributed by atoms with Gasteiger partial charge in [-0.25, -0.2) is 9.59 Å². The average molecular weight is 272 g/mol. The van der Waals surface area contributed by atoms with Crippen molar-refractivity contribution in [3.05, 3.63) is 0 Å². The van der Waals surface area contributed by atoms with E-state index < -0.39 is 17.5 Å². The lowest BCUT2D eigenvalue weighted by molar-refractivity contribution is -0.148. The van der Waals surface area contributed by atoms with Crippen molar-refractivity contribution in [3.63, 3.8) is 0 Å². The summed E-state index contributed by atoms with van der Waals surface area (Å²) in [6, 6.07) is -0.365. The SMILES string of the molecule is CCC(NC(=O)NC1(C(=O)O)CCOCC1)C(C)C. The van der Waals surface area contributed by atoms with E-state index in [1.807, 2.05) is 20.8 Å². The molecule has 1 heterocycles. The maximum atomic E-state index is 12.0. The van der Waals surface area contributed by atoms with Crippen LogP contribution in [-0.4, -0.2) is 41.9 Å². The van der Waals surface area contributed by atoms with E-state index in [2.05, 4.69) is 10.6 Å². The van der Waals surface area contributed by atoms with Gasteiger partial charge < -0.3 is 20.5 Å². The minimum absolute atomic E-state index is 0.0469. The first-order valence-corrected chi connectivity index (χ1v) is 6.81. The molecule has 1 saturated heterocycles. The van der Waals surface area contributed by atoms with Crippen molar-refractivity contribution < 1.29 is 19.4 Å². The van der Waals surface area contributed by atoms with Crippen LogP contribution in [0.2, 0.25) is 0 Å². The fraction of sp³-hybridized carbons (Fsp3) is 0.846. The Hall–Kier alpha value is -1.30. The molecule has 2 amide bonds. The van der Waals surface area contributed by atoms with Crippen molar-refractivity contribution in [1.29, 1.82) is 0 Å². The highest BCUT2D eigenvalue weighted by Crippen LogP contribution is 2.21. The van der Waals surface area contributed by atoms with Gasteiger partial charge in [-0.3, -0.25) is 0 Å². The molecule has 1 aliphatic rings. The molecule has 1 atom stereocenters. The number of aliphatic carboxylic acids is 1. The van der Waals surface area contributed by atoms with Gasteiger partial charge in [-0.15, -0.1) is 0 Å². The molecule has 110 valence electrons. The molecule has 19 heavy (non-hydrogen) atoms. The second-order valence-corrected chi connectivity index (χ2v) is 5.36. The zero-order valence-electron chi connectivity index (χ0n) is 11.9. The quantitative estimate of drug-likeness (QED) is 0.705. The maximum absolute atomic E-state index is 12.0. The zero-order valence-corrected chi connectivity index (χ0v) is 11.9. The van der Waals surface area contributed by atoms with Crippen LogP contribution in [0.5, 0.6) is 0 Å². The van der Waals surface area contributed by atoms with Gasteiger partial charge in [0.05, 0.1) is 0 Å². The van der Waals surface area contributed by atoms with Gasteiger partial charge in [0.25, 0.3) is 0 Å². The Morgan fingerprint density at radius 3 is 2.32 bits per heavy atom. The second kappa shape index (κ2) is 6.75. The van der Waals surface area contributed by atoms with Crippen molar-refractivity contribution in [1.82, 2.24) is 10.6 Å². The Balaban J connectivity index is 2.64. The fourth-order valence-corrected chi connectivity index (χ4v) is 2.27. The first-order valence-electron chi connectivity index (χ1n) is 6.81. The van der Waals surface area contributed by atoms with Crippen molar-refractivity contribution >= 4 is 12.0 Å². The number of nitrogens with one attached hydrogen (secondary N) is 2. The summed E-state index contributed by atoms with van der Waals surface area (Å²) in [5.74, 6) is -0.685. The minimum atomic E-state index is -1.20. The third-order valence-corrected chi connectivity index (χ3v) is 3.67. The number of carboxylic acids is 1. The molecule has 1 rings (SSSR count). The monoisotopic (exact) mass is 272 g/mol. The van der Waals surface area contributed by atoms with Gasteiger partial charge in [-0.2, -0.15) is 0 Å². The number of ether oxygens (including phenoxy) is 1. The molecule has 1 fully saturated rings. The summed E-state index contributed by atoms with van der Waals surface area (Å²) in [5, 5.41) is 14.8. The van der Waals surface area contributed by atoms with E-state index in [1.165, 1.54) is 0 Å². The Kier molecular flexibility index (Phi) is 5.60. The number of amides is 2. The lowest BCUT2D eigenvalue weighted by Crippen LogP contribution is -2.60. The van der Waals surface area contributed by atoms with E-state index >= 15 is 0 Å². The average Bonchev–Trinajstić information content (AvgIpc) is 2.36. The van der Waals surface area contributed by atoms with Crippen LogP contribution in [-0.2, 0) is 9.53 Å². The lowest BCUT2D eigenvalue weighted by Gasteiger charge is -2.34. The van der Waals surface area contributed by atoms with E-state index in [9.17, 15) is 14.7 Å². The van der Waals surface area contributed by atoms with Gasteiger partial charge in [-0.1, -0.05) is 20.8 Å². The Morgan fingerprint density at radius 2 is 1.89 bits per heavy atom. The fourth-order valence-electron chi connectivity index (χ4n) is 2.27. The number of rotatable bonds is 5. The van der Waals surface area contributed by atoms with Gasteiger partial charge in [0.2, 0.25) is 0 Å². The zero-order chi connectivity index (χ0) is 14.5. The number of carbonyl (C=O) groups excluding carboxylic acids is 1. The number of hydrogen-bond acceptors (Lipinski definition) is 3. The smallest absolute Gasteiger partial charge is 0.329 e. The van der Waals surface area contributed by atoms with Crippen LogP contribution < -0.4 is 10.6 Å². The maximum Gasteiger partial charge on any atom is 0.329 e. The van der Waals surface area contributed by atoms with E-state index in [-0.39, 0.29) is 6.04 Å². The van der Waals surface area contributed by atoms with Gasteiger partial charge in [0.1, 0.15) is 5.54 Å². The number of urea groups is 1. The number of carboxylic acid groups (broad SMARTS) is 1. The third kappa shape index (κ3) is 4.09. The molecule has 6 heteroatoms. The lowest BCUT2D eigenvalue weighted by atomic mass is 9.90. The first-order chi connectivity index (χ1) is 8.91. The van der Waals surface area contributed by atoms with Crippen LogP contribution in [0.25, 0.3) is 0 Å². The van der Waals surface area contributed by atoms with E-state index in [0.717, 1.165) is 6.42 Å². The topological polar surface area (TPSA) is 87.7 Å². The van der Waals surface area contributed by atoms with E-state index in [0.29, 0.717) is 32.0 Å². The largest absolute Gasteiger partial charge is 0.480 e. The molecule has 0 bridgehead atoms. The molecule has 6 nitrogen and oxygen atoms in total. The van der Waals surface area contributed by atoms with Crippen molar-refractivity contribution in [2.24, 2.45) is 5.92 Å². The van der Waals surface area contributed by atoms with Gasteiger partial charge in [0.15, 0.2) is 0 Å². The normalized spacial score (nSPS) is 19.8. The predicted octanol–water partition coefficient (Wildman–Crippen LogP) is 1.35. The number of hydrogen-bond donors (Lipinski definition) is 3. The van der Waals surface area contributed by atoms with Crippen LogP contribution >= 0.6 is 0 Å². The van der Waals surface area contributed by atoms with E-state index in [1.54, 1.807) is 0 Å². The third-order valence-electron chi connectivity index (χ3n) is 3.67. The van der Waals surface area contributed by atoms with Crippen LogP contribution in [0.1, 0.15) is 40.0 Å². The van der Waals surface area contributed by atoms with Crippen molar-refractivity contribution in [2.45, 2.75) is 51.6 Å². The second-order valence-electron chi connectivity index (χ2n) is 5.36. The number of carbonyl (C=O) groups is 2. The molecule has 0 aliphatic carbocycles. The summed E-state index contributed by atoms with van der Waals surface area (Å²) in [6.07, 6.45) is 1.41. The molecule has 0 radical (unpaired) electrons. The summed E-state index contributed by atoms with van der Waals surface area (Å²) in [5.41, 5.74) is -1.20. The molecule has 0 aromatic carbocycles. The molecule has 0 aromatic heterocycles. The Labute approximate surface area is 113 Å². The van der Waals surface area contributed by atoms with Crippen LogP contribution in [0, 0.1) is 5.92 Å². The summed E-state index contributed by atoms with van der Waals surface area (Å²) < 4.78 is 5.16. The first kappa shape index (κ1) is 15.8. The van der Waals surface area contributed by atoms with Gasteiger partial charge >= 0.3 is 12.0 Å². The molecule has 1 unspecified atom stereocenters. The molecule has 0 spiro atoms. The minimum Gasteiger partial charge on any atom is -0.480 e. The van der Waals surface area contributed by atoms with Gasteiger partial charge in [-0.05, 0) is 12.3 Å². The van der Waals surface area contributed by atoms with Crippen LogP contribution in [0.3, 0.4) is 0 Å². The summed E-state index contributed by atoms with van der Waals surface area (Å²) in [4.78, 5) is 23.4. The van der Waals surface area contributed by atoms with E-state index in [4.69, 9.17) is 4.74 Å². The van der Waals surface area contributed by atoms with Crippen molar-refractivity contribution in [2.75, 3.05) is 13.2 Å². The predicted molar refractivity (Wildman–Crippen MR) is 71.0 cm³/mol. The van der Waals surface area contributed by atoms with Crippen LogP contribution in [0.15, 0.2) is 0 Å².